The number of hydrogen-bond acceptors (Lipinski definition) is 3. The van der Waals surface area contributed by atoms with Crippen LogP contribution in [0.3, 0.4) is 0 Å². The first-order valence-electron chi connectivity index (χ1n) is 6.07. The number of rotatable bonds is 5. The van der Waals surface area contributed by atoms with Gasteiger partial charge in [0.1, 0.15) is 11.6 Å². The van der Waals surface area contributed by atoms with Gasteiger partial charge in [-0.2, -0.15) is 5.10 Å². The van der Waals surface area contributed by atoms with Gasteiger partial charge in [0.15, 0.2) is 0 Å². The predicted molar refractivity (Wildman–Crippen MR) is 68.7 cm³/mol. The summed E-state index contributed by atoms with van der Waals surface area (Å²) in [6, 6.07) is 7.30. The summed E-state index contributed by atoms with van der Waals surface area (Å²) in [4.78, 5) is 11.7. The lowest BCUT2D eigenvalue weighted by Gasteiger charge is -2.12. The number of ether oxygens (including phenoxy) is 1. The SMILES string of the molecule is O=C(CCc1ccccc1OC(F)(F)F)Nc1ccn[nH]1. The number of nitrogens with one attached hydrogen (secondary N) is 2. The van der Waals surface area contributed by atoms with Gasteiger partial charge in [0.25, 0.3) is 0 Å². The molecule has 0 aliphatic carbocycles. The van der Waals surface area contributed by atoms with Crippen molar-refractivity contribution in [3.63, 3.8) is 0 Å². The Hall–Kier alpha value is -2.51. The Morgan fingerprint density at radius 3 is 2.71 bits per heavy atom. The first-order valence-corrected chi connectivity index (χ1v) is 6.07. The van der Waals surface area contributed by atoms with Crippen LogP contribution in [0.2, 0.25) is 0 Å². The molecule has 8 heteroatoms. The van der Waals surface area contributed by atoms with E-state index in [0.29, 0.717) is 11.4 Å². The average Bonchev–Trinajstić information content (AvgIpc) is 2.89. The van der Waals surface area contributed by atoms with Crippen LogP contribution in [0, 0.1) is 0 Å². The fourth-order valence-corrected chi connectivity index (χ4v) is 1.72. The summed E-state index contributed by atoms with van der Waals surface area (Å²) in [5, 5.41) is 8.76. The largest absolute Gasteiger partial charge is 0.573 e. The van der Waals surface area contributed by atoms with Gasteiger partial charge >= 0.3 is 6.36 Å². The number of carbonyl (C=O) groups is 1. The second-order valence-electron chi connectivity index (χ2n) is 4.17. The molecule has 5 nitrogen and oxygen atoms in total. The van der Waals surface area contributed by atoms with Gasteiger partial charge in [-0.15, -0.1) is 13.2 Å². The molecule has 0 aliphatic heterocycles. The van der Waals surface area contributed by atoms with Crippen LogP contribution in [-0.2, 0) is 11.2 Å². The minimum atomic E-state index is -4.76. The molecule has 1 amide bonds. The number of anilines is 1. The summed E-state index contributed by atoms with van der Waals surface area (Å²) >= 11 is 0. The maximum absolute atomic E-state index is 12.3. The Morgan fingerprint density at radius 1 is 1.29 bits per heavy atom. The maximum atomic E-state index is 12.3. The van der Waals surface area contributed by atoms with E-state index in [9.17, 15) is 18.0 Å². The predicted octanol–water partition coefficient (Wildman–Crippen LogP) is 2.88. The summed E-state index contributed by atoms with van der Waals surface area (Å²) in [7, 11) is 0. The van der Waals surface area contributed by atoms with E-state index in [4.69, 9.17) is 0 Å². The van der Waals surface area contributed by atoms with Gasteiger partial charge in [-0.3, -0.25) is 9.89 Å². The van der Waals surface area contributed by atoms with E-state index in [2.05, 4.69) is 20.3 Å². The Morgan fingerprint density at radius 2 is 2.05 bits per heavy atom. The van der Waals surface area contributed by atoms with Gasteiger partial charge < -0.3 is 10.1 Å². The molecule has 0 aliphatic rings. The quantitative estimate of drug-likeness (QED) is 0.892. The van der Waals surface area contributed by atoms with Crippen molar-refractivity contribution < 1.29 is 22.7 Å². The van der Waals surface area contributed by atoms with Crippen molar-refractivity contribution in [2.45, 2.75) is 19.2 Å². The number of nitrogens with zero attached hydrogens (tertiary/aromatic N) is 1. The number of alkyl halides is 3. The molecule has 2 rings (SSSR count). The van der Waals surface area contributed by atoms with Crippen molar-refractivity contribution in [3.05, 3.63) is 42.1 Å². The molecule has 0 bridgehead atoms. The molecule has 1 heterocycles. The van der Waals surface area contributed by atoms with Crippen LogP contribution in [0.4, 0.5) is 19.0 Å². The zero-order chi connectivity index (χ0) is 15.3. The van der Waals surface area contributed by atoms with Crippen LogP contribution in [-0.4, -0.2) is 22.5 Å². The Bertz CT molecular complexity index is 597. The molecular weight excluding hydrogens is 287 g/mol. The minimum absolute atomic E-state index is 0.0251. The lowest BCUT2D eigenvalue weighted by atomic mass is 10.1. The molecule has 0 atom stereocenters. The third-order valence-electron chi connectivity index (χ3n) is 2.59. The number of para-hydroxylation sites is 1. The average molecular weight is 299 g/mol. The molecular formula is C13H12F3N3O2. The number of carbonyl (C=O) groups excluding carboxylic acids is 1. The van der Waals surface area contributed by atoms with Gasteiger partial charge in [-0.05, 0) is 18.1 Å². The highest BCUT2D eigenvalue weighted by Gasteiger charge is 2.31. The molecule has 0 saturated carbocycles. The molecule has 0 unspecified atom stereocenters. The molecule has 0 saturated heterocycles. The smallest absolute Gasteiger partial charge is 0.406 e. The number of benzene rings is 1. The van der Waals surface area contributed by atoms with Gasteiger partial charge in [-0.1, -0.05) is 18.2 Å². The van der Waals surface area contributed by atoms with Crippen molar-refractivity contribution in [1.29, 1.82) is 0 Å². The summed E-state index contributed by atoms with van der Waals surface area (Å²) < 4.78 is 40.7. The second-order valence-corrected chi connectivity index (χ2v) is 4.17. The van der Waals surface area contributed by atoms with E-state index in [0.717, 1.165) is 0 Å². The monoisotopic (exact) mass is 299 g/mol. The minimum Gasteiger partial charge on any atom is -0.406 e. The summed E-state index contributed by atoms with van der Waals surface area (Å²) in [6.07, 6.45) is -3.13. The number of aromatic nitrogens is 2. The van der Waals surface area contributed by atoms with Crippen LogP contribution >= 0.6 is 0 Å². The number of aromatic amines is 1. The number of H-pyrrole nitrogens is 1. The topological polar surface area (TPSA) is 67.0 Å². The lowest BCUT2D eigenvalue weighted by Crippen LogP contribution is -2.18. The molecule has 112 valence electrons. The standard InChI is InChI=1S/C13H12F3N3O2/c14-13(15,16)21-10-4-2-1-3-9(10)5-6-12(20)18-11-7-8-17-19-11/h1-4,7-8H,5-6H2,(H2,17,18,19,20). The summed E-state index contributed by atoms with van der Waals surface area (Å²) in [6.45, 7) is 0. The number of halogens is 3. The molecule has 21 heavy (non-hydrogen) atoms. The number of hydrogen-bond donors (Lipinski definition) is 2. The molecule has 2 N–H and O–H groups in total. The summed E-state index contributed by atoms with van der Waals surface area (Å²) in [5.74, 6) is -0.194. The van der Waals surface area contributed by atoms with Gasteiger partial charge in [-0.25, -0.2) is 0 Å². The third-order valence-corrected chi connectivity index (χ3v) is 2.59. The maximum Gasteiger partial charge on any atom is 0.573 e. The van der Waals surface area contributed by atoms with Crippen LogP contribution in [0.15, 0.2) is 36.5 Å². The van der Waals surface area contributed by atoms with E-state index >= 15 is 0 Å². The molecule has 0 spiro atoms. The van der Waals surface area contributed by atoms with Crippen molar-refractivity contribution >= 4 is 11.7 Å². The Balaban J connectivity index is 1.95. The van der Waals surface area contributed by atoms with Crippen LogP contribution < -0.4 is 10.1 Å². The van der Waals surface area contributed by atoms with E-state index in [-0.39, 0.29) is 24.5 Å². The first-order chi connectivity index (χ1) is 9.94. The normalized spacial score (nSPS) is 11.2. The molecule has 1 aromatic carbocycles. The van der Waals surface area contributed by atoms with Gasteiger partial charge in [0.2, 0.25) is 5.91 Å². The number of aryl methyl sites for hydroxylation is 1. The van der Waals surface area contributed by atoms with Crippen LogP contribution in [0.5, 0.6) is 5.75 Å². The Kier molecular flexibility index (Phi) is 4.46. The van der Waals surface area contributed by atoms with Gasteiger partial charge in [0.05, 0.1) is 6.20 Å². The fourth-order valence-electron chi connectivity index (χ4n) is 1.72. The fraction of sp³-hybridized carbons (Fsp3) is 0.231. The van der Waals surface area contributed by atoms with Crippen molar-refractivity contribution in [1.82, 2.24) is 10.2 Å². The first kappa shape index (κ1) is 14.9. The summed E-state index contributed by atoms with van der Waals surface area (Å²) in [5.41, 5.74) is 0.314. The van der Waals surface area contributed by atoms with E-state index in [1.165, 1.54) is 24.4 Å². The van der Waals surface area contributed by atoms with Crippen molar-refractivity contribution in [3.8, 4) is 5.75 Å². The van der Waals surface area contributed by atoms with E-state index < -0.39 is 6.36 Å². The second kappa shape index (κ2) is 6.29. The van der Waals surface area contributed by atoms with Gasteiger partial charge in [0, 0.05) is 12.5 Å². The highest BCUT2D eigenvalue weighted by Crippen LogP contribution is 2.27. The Labute approximate surface area is 118 Å². The van der Waals surface area contributed by atoms with Crippen molar-refractivity contribution in [2.24, 2.45) is 0 Å². The van der Waals surface area contributed by atoms with Crippen molar-refractivity contribution in [2.75, 3.05) is 5.32 Å². The van der Waals surface area contributed by atoms with E-state index in [1.807, 2.05) is 0 Å². The lowest BCUT2D eigenvalue weighted by molar-refractivity contribution is -0.274. The zero-order valence-corrected chi connectivity index (χ0v) is 10.8. The molecule has 1 aromatic heterocycles. The number of amides is 1. The molecule has 0 radical (unpaired) electrons. The molecule has 0 fully saturated rings. The van der Waals surface area contributed by atoms with Crippen LogP contribution in [0.25, 0.3) is 0 Å². The highest BCUT2D eigenvalue weighted by atomic mass is 19.4. The van der Waals surface area contributed by atoms with E-state index in [1.54, 1.807) is 12.1 Å². The molecule has 2 aromatic rings. The highest BCUT2D eigenvalue weighted by molar-refractivity contribution is 5.89. The third kappa shape index (κ3) is 4.83. The van der Waals surface area contributed by atoms with Crippen LogP contribution in [0.1, 0.15) is 12.0 Å². The zero-order valence-electron chi connectivity index (χ0n) is 10.8.